The molecule has 1 aromatic carbocycles. The largest absolute Gasteiger partial charge is 0.353 e. The standard InChI is InChI=1S/C28H36N4O2S/c33-27-24-18-9-10-19(15-18)25(24)28(34)32(27)17-21-6-2-1-5-20(21)16-30-11-13-31(14-12-30)26-22-7-3-4-8-23(22)35-29-26/h3-4,7-8,18-21,24-25H,1-2,5-6,9-17H2/t18?,19?,20-,21-,24?,25?/m0/s1/i11D2,12D2,13D2,14D2. The minimum absolute atomic E-state index is 0.103. The van der Waals surface area contributed by atoms with E-state index in [0.29, 0.717) is 27.8 Å². The third-order valence-corrected chi connectivity index (χ3v) is 9.90. The van der Waals surface area contributed by atoms with Gasteiger partial charge in [0.05, 0.1) is 22.0 Å². The molecule has 4 unspecified atom stereocenters. The predicted octanol–water partition coefficient (Wildman–Crippen LogP) is 4.26. The number of anilines is 1. The summed E-state index contributed by atoms with van der Waals surface area (Å²) in [6, 6.07) is 6.86. The third kappa shape index (κ3) is 3.72. The minimum Gasteiger partial charge on any atom is -0.353 e. The molecule has 1 aromatic heterocycles. The van der Waals surface area contributed by atoms with Gasteiger partial charge in [0.25, 0.3) is 0 Å². The molecule has 3 heterocycles. The normalized spacial score (nSPS) is 44.6. The second kappa shape index (κ2) is 8.84. The number of hydrogen-bond donors (Lipinski definition) is 0. The molecule has 2 aromatic rings. The Morgan fingerprint density at radius 2 is 1.54 bits per heavy atom. The van der Waals surface area contributed by atoms with Crippen molar-refractivity contribution in [3.63, 3.8) is 0 Å². The average Bonchev–Trinajstić information content (AvgIpc) is 3.72. The highest BCUT2D eigenvalue weighted by atomic mass is 32.1. The summed E-state index contributed by atoms with van der Waals surface area (Å²) in [5, 5.41) is 0.422. The van der Waals surface area contributed by atoms with Crippen molar-refractivity contribution in [2.45, 2.75) is 44.9 Å². The first-order valence-corrected chi connectivity index (χ1v) is 13.7. The summed E-state index contributed by atoms with van der Waals surface area (Å²) in [6.45, 7) is -12.0. The van der Waals surface area contributed by atoms with Crippen molar-refractivity contribution in [2.24, 2.45) is 35.5 Å². The Labute approximate surface area is 223 Å². The van der Waals surface area contributed by atoms with Crippen LogP contribution < -0.4 is 4.90 Å². The van der Waals surface area contributed by atoms with Crippen LogP contribution in [0.15, 0.2) is 24.3 Å². The number of imide groups is 1. The van der Waals surface area contributed by atoms with Crippen LogP contribution in [-0.4, -0.2) is 65.1 Å². The Morgan fingerprint density at radius 3 is 2.26 bits per heavy atom. The smallest absolute Gasteiger partial charge is 0.233 e. The fraction of sp³-hybridized carbons (Fsp3) is 0.679. The molecule has 35 heavy (non-hydrogen) atoms. The van der Waals surface area contributed by atoms with Gasteiger partial charge in [-0.1, -0.05) is 25.0 Å². The van der Waals surface area contributed by atoms with Gasteiger partial charge in [0.1, 0.15) is 5.82 Å². The van der Waals surface area contributed by atoms with Crippen molar-refractivity contribution in [2.75, 3.05) is 44.0 Å². The number of carbonyl (C=O) groups excluding carboxylic acids is 2. The van der Waals surface area contributed by atoms with Gasteiger partial charge in [0.2, 0.25) is 11.8 Å². The summed E-state index contributed by atoms with van der Waals surface area (Å²) in [7, 11) is 0. The van der Waals surface area contributed by atoms with Gasteiger partial charge in [-0.25, -0.2) is 0 Å². The van der Waals surface area contributed by atoms with E-state index in [1.54, 1.807) is 24.3 Å². The topological polar surface area (TPSA) is 56.8 Å². The Morgan fingerprint density at radius 1 is 0.886 bits per heavy atom. The van der Waals surface area contributed by atoms with E-state index in [-0.39, 0.29) is 66.2 Å². The third-order valence-electron chi connectivity index (χ3n) is 9.08. The van der Waals surface area contributed by atoms with Gasteiger partial charge in [0, 0.05) is 49.9 Å². The molecule has 3 aliphatic carbocycles. The van der Waals surface area contributed by atoms with E-state index in [0.717, 1.165) is 48.5 Å². The molecule has 5 fully saturated rings. The maximum atomic E-state index is 13.4. The monoisotopic (exact) mass is 500 g/mol. The van der Waals surface area contributed by atoms with Crippen LogP contribution >= 0.6 is 11.5 Å². The van der Waals surface area contributed by atoms with Gasteiger partial charge in [0.15, 0.2) is 0 Å². The second-order valence-electron chi connectivity index (χ2n) is 10.9. The number of hydrogen-bond acceptors (Lipinski definition) is 6. The molecule has 3 saturated carbocycles. The van der Waals surface area contributed by atoms with Crippen LogP contribution in [0.1, 0.15) is 55.9 Å². The van der Waals surface area contributed by atoms with Crippen LogP contribution in [0.4, 0.5) is 5.82 Å². The number of aromatic nitrogens is 1. The molecule has 7 rings (SSSR count). The fourth-order valence-corrected chi connectivity index (χ4v) is 8.15. The van der Waals surface area contributed by atoms with E-state index in [4.69, 9.17) is 11.0 Å². The SMILES string of the molecule is [2H]C1([2H])N(C[C@@H]2CCCC[C@H]2CN2C(=O)C3C4CCC(C4)C3C2=O)C([2H])([2H])C([2H])([2H])N(c2nsc3ccccc23)C1([2H])[2H]. The molecule has 2 aliphatic heterocycles. The minimum atomic E-state index is -3.00. The van der Waals surface area contributed by atoms with Crippen LogP contribution in [0.25, 0.3) is 10.1 Å². The molecule has 5 aliphatic rings. The van der Waals surface area contributed by atoms with Crippen LogP contribution in [0.3, 0.4) is 0 Å². The van der Waals surface area contributed by atoms with Crippen LogP contribution in [-0.2, 0) is 9.59 Å². The molecule has 2 amide bonds. The zero-order valence-corrected chi connectivity index (χ0v) is 20.5. The van der Waals surface area contributed by atoms with Gasteiger partial charge < -0.3 is 4.90 Å². The van der Waals surface area contributed by atoms with Crippen molar-refractivity contribution >= 4 is 39.3 Å². The van der Waals surface area contributed by atoms with E-state index < -0.39 is 26.0 Å². The summed E-state index contributed by atoms with van der Waals surface area (Å²) in [5.74, 6) is -0.817. The Hall–Kier alpha value is -1.99. The Bertz CT molecular complexity index is 1410. The first-order valence-electron chi connectivity index (χ1n) is 17.0. The lowest BCUT2D eigenvalue weighted by atomic mass is 9.78. The predicted molar refractivity (Wildman–Crippen MR) is 138 cm³/mol. The fourth-order valence-electron chi connectivity index (χ4n) is 7.39. The number of piperazine rings is 1. The highest BCUT2D eigenvalue weighted by molar-refractivity contribution is 7.13. The molecule has 6 atom stereocenters. The van der Waals surface area contributed by atoms with Crippen LogP contribution in [0, 0.1) is 35.5 Å². The Kier molecular flexibility index (Phi) is 3.87. The van der Waals surface area contributed by atoms with E-state index in [1.165, 1.54) is 4.90 Å². The molecule has 6 nitrogen and oxygen atoms in total. The summed E-state index contributed by atoms with van der Waals surface area (Å²) >= 11 is 1.02. The van der Waals surface area contributed by atoms with Crippen molar-refractivity contribution < 1.29 is 20.6 Å². The van der Waals surface area contributed by atoms with Crippen molar-refractivity contribution in [3.8, 4) is 0 Å². The lowest BCUT2D eigenvalue weighted by Crippen LogP contribution is -2.49. The lowest BCUT2D eigenvalue weighted by molar-refractivity contribution is -0.142. The summed E-state index contributed by atoms with van der Waals surface area (Å²) in [6.07, 6.45) is 5.86. The summed E-state index contributed by atoms with van der Waals surface area (Å²) in [5.41, 5.74) is 0. The zero-order chi connectivity index (χ0) is 30.7. The molecule has 0 N–H and O–H groups in total. The van der Waals surface area contributed by atoms with Crippen molar-refractivity contribution in [1.29, 1.82) is 0 Å². The van der Waals surface area contributed by atoms with E-state index in [2.05, 4.69) is 4.37 Å². The van der Waals surface area contributed by atoms with Gasteiger partial charge in [-0.2, -0.15) is 4.37 Å². The molecule has 2 bridgehead atoms. The van der Waals surface area contributed by atoms with Gasteiger partial charge in [-0.05, 0) is 79.4 Å². The van der Waals surface area contributed by atoms with E-state index in [9.17, 15) is 9.59 Å². The number of rotatable bonds is 5. The Balaban J connectivity index is 1.18. The second-order valence-corrected chi connectivity index (χ2v) is 11.7. The number of benzene rings is 1. The first-order chi connectivity index (χ1) is 20.2. The maximum absolute atomic E-state index is 13.4. The highest BCUT2D eigenvalue weighted by Gasteiger charge is 2.61. The average molecular weight is 501 g/mol. The molecule has 0 spiro atoms. The van der Waals surface area contributed by atoms with Crippen molar-refractivity contribution in [1.82, 2.24) is 14.2 Å². The zero-order valence-electron chi connectivity index (χ0n) is 27.7. The first kappa shape index (κ1) is 15.3. The molecular weight excluding hydrogens is 456 g/mol. The molecule has 186 valence electrons. The summed E-state index contributed by atoms with van der Waals surface area (Å²) in [4.78, 5) is 29.6. The lowest BCUT2D eigenvalue weighted by Gasteiger charge is -2.40. The molecule has 2 saturated heterocycles. The van der Waals surface area contributed by atoms with Gasteiger partial charge in [-0.3, -0.25) is 19.4 Å². The maximum Gasteiger partial charge on any atom is 0.233 e. The number of nitrogens with zero attached hydrogens (tertiary/aromatic N) is 4. The number of carbonyl (C=O) groups is 2. The van der Waals surface area contributed by atoms with Crippen molar-refractivity contribution in [3.05, 3.63) is 24.3 Å². The number of fused-ring (bicyclic) bond motifs is 6. The quantitative estimate of drug-likeness (QED) is 0.575. The van der Waals surface area contributed by atoms with Gasteiger partial charge >= 0.3 is 0 Å². The highest BCUT2D eigenvalue weighted by Crippen LogP contribution is 2.56. The molecular formula is C28H36N4O2S. The van der Waals surface area contributed by atoms with Crippen LogP contribution in [0.5, 0.6) is 0 Å². The van der Waals surface area contributed by atoms with E-state index in [1.807, 2.05) is 0 Å². The summed E-state index contributed by atoms with van der Waals surface area (Å²) < 4.78 is 76.7. The van der Waals surface area contributed by atoms with Crippen LogP contribution in [0.2, 0.25) is 0 Å². The van der Waals surface area contributed by atoms with E-state index >= 15 is 0 Å². The molecule has 7 heteroatoms. The number of likely N-dealkylation sites (tertiary alicyclic amines) is 1. The van der Waals surface area contributed by atoms with Gasteiger partial charge in [-0.15, -0.1) is 0 Å². The molecule has 0 radical (unpaired) electrons. The number of amides is 2.